The van der Waals surface area contributed by atoms with Gasteiger partial charge in [0.25, 0.3) is 11.8 Å². The molecule has 2 aliphatic rings. The summed E-state index contributed by atoms with van der Waals surface area (Å²) in [6.07, 6.45) is 3.14. The summed E-state index contributed by atoms with van der Waals surface area (Å²) in [6.45, 7) is 3.68. The minimum atomic E-state index is -1.23. The first-order valence-corrected chi connectivity index (χ1v) is 13.1. The van der Waals surface area contributed by atoms with E-state index in [9.17, 15) is 19.5 Å². The van der Waals surface area contributed by atoms with Gasteiger partial charge in [0.2, 0.25) is 11.5 Å². The van der Waals surface area contributed by atoms with Crippen LogP contribution in [0.4, 0.5) is 10.9 Å². The number of carboxylic acid groups (broad SMARTS) is 1. The van der Waals surface area contributed by atoms with Gasteiger partial charge in [-0.1, -0.05) is 14.8 Å². The predicted molar refractivity (Wildman–Crippen MR) is 137 cm³/mol. The van der Waals surface area contributed by atoms with E-state index in [0.717, 1.165) is 11.5 Å². The number of nitrogens with one attached hydrogen (secondary N) is 1. The summed E-state index contributed by atoms with van der Waals surface area (Å²) in [5.74, 6) is -1.88. The predicted octanol–water partition coefficient (Wildman–Crippen LogP) is -0.794. The molecule has 2 aliphatic heterocycles. The van der Waals surface area contributed by atoms with E-state index in [0.29, 0.717) is 22.8 Å². The van der Waals surface area contributed by atoms with Gasteiger partial charge in [0.1, 0.15) is 36.0 Å². The number of aliphatic carboxylic acids is 1. The number of rotatable bonds is 8. The van der Waals surface area contributed by atoms with Gasteiger partial charge >= 0.3 is 11.6 Å². The second kappa shape index (κ2) is 9.90. The molecule has 0 bridgehead atoms. The molecular weight excluding hydrogens is 536 g/mol. The topological polar surface area (TPSA) is 207 Å². The van der Waals surface area contributed by atoms with E-state index in [4.69, 9.17) is 16.3 Å². The first-order valence-electron chi connectivity index (χ1n) is 11.3. The Bertz CT molecular complexity index is 1510. The number of imidazole rings is 1. The van der Waals surface area contributed by atoms with Crippen LogP contribution in [0.1, 0.15) is 19.7 Å². The Kier molecular flexibility index (Phi) is 6.62. The third kappa shape index (κ3) is 4.60. The average Bonchev–Trinajstić information content (AvgIpc) is 3.47. The van der Waals surface area contributed by atoms with Gasteiger partial charge in [-0.2, -0.15) is 9.36 Å². The van der Waals surface area contributed by atoms with Crippen molar-refractivity contribution in [2.24, 2.45) is 5.16 Å². The zero-order valence-electron chi connectivity index (χ0n) is 20.1. The third-order valence-electron chi connectivity index (χ3n) is 5.66. The van der Waals surface area contributed by atoms with Crippen molar-refractivity contribution in [3.8, 4) is 0 Å². The Morgan fingerprint density at radius 1 is 1.37 bits per heavy atom. The molecule has 6 N–H and O–H groups in total. The monoisotopic (exact) mass is 559 g/mol. The third-order valence-corrected chi connectivity index (χ3v) is 7.55. The van der Waals surface area contributed by atoms with E-state index in [1.54, 1.807) is 42.9 Å². The number of anilines is 2. The SMILES string of the molecule is CC(C)O/N=C(\C(=O)N[C@@H]1C(=O)N2C(C(=O)O)=C(C[n+]3ccn4nc(N)ccc43)CS[C@H]12)c1nsc(N)n1. The number of carbonyl (C=O) groups is 3. The van der Waals surface area contributed by atoms with E-state index >= 15 is 0 Å². The van der Waals surface area contributed by atoms with Gasteiger partial charge in [0, 0.05) is 28.9 Å². The van der Waals surface area contributed by atoms with Crippen molar-refractivity contribution >= 4 is 63.4 Å². The number of carbonyl (C=O) groups excluding carboxylic acids is 2. The van der Waals surface area contributed by atoms with E-state index in [1.165, 1.54) is 16.7 Å². The maximum absolute atomic E-state index is 13.1. The first-order chi connectivity index (χ1) is 18.1. The summed E-state index contributed by atoms with van der Waals surface area (Å²) in [4.78, 5) is 48.8. The van der Waals surface area contributed by atoms with Crippen LogP contribution in [0.2, 0.25) is 0 Å². The minimum absolute atomic E-state index is 0.0351. The Morgan fingerprint density at radius 2 is 2.16 bits per heavy atom. The number of amides is 2. The van der Waals surface area contributed by atoms with Crippen LogP contribution in [0, 0.1) is 0 Å². The van der Waals surface area contributed by atoms with Gasteiger partial charge in [-0.3, -0.25) is 14.5 Å². The molecule has 198 valence electrons. The molecule has 0 aliphatic carbocycles. The smallest absolute Gasteiger partial charge is 0.352 e. The lowest BCUT2D eigenvalue weighted by Gasteiger charge is -2.49. The van der Waals surface area contributed by atoms with Crippen LogP contribution in [-0.4, -0.2) is 75.7 Å². The number of carboxylic acids is 1. The van der Waals surface area contributed by atoms with E-state index in [-0.39, 0.29) is 35.0 Å². The molecule has 0 unspecified atom stereocenters. The lowest BCUT2D eigenvalue weighted by molar-refractivity contribution is -0.662. The van der Waals surface area contributed by atoms with E-state index in [2.05, 4.69) is 24.9 Å². The Balaban J connectivity index is 1.37. The fraction of sp³-hybridized carbons (Fsp3) is 0.333. The molecule has 0 spiro atoms. The summed E-state index contributed by atoms with van der Waals surface area (Å²) in [5.41, 5.74) is 12.3. The van der Waals surface area contributed by atoms with Gasteiger partial charge in [-0.15, -0.1) is 11.8 Å². The largest absolute Gasteiger partial charge is 0.477 e. The van der Waals surface area contributed by atoms with Crippen LogP contribution in [0.3, 0.4) is 0 Å². The molecule has 1 fully saturated rings. The molecule has 3 aromatic heterocycles. The molecule has 17 heteroatoms. The van der Waals surface area contributed by atoms with Crippen molar-refractivity contribution in [2.45, 2.75) is 37.9 Å². The lowest BCUT2D eigenvalue weighted by Crippen LogP contribution is -2.71. The van der Waals surface area contributed by atoms with E-state index < -0.39 is 29.2 Å². The molecule has 2 atom stereocenters. The van der Waals surface area contributed by atoms with Crippen LogP contribution in [-0.2, 0) is 25.8 Å². The normalized spacial score (nSPS) is 19.5. The minimum Gasteiger partial charge on any atom is -0.477 e. The molecule has 2 amide bonds. The van der Waals surface area contributed by atoms with Gasteiger partial charge in [-0.25, -0.2) is 9.36 Å². The Labute approximate surface area is 223 Å². The number of nitrogen functional groups attached to an aromatic ring is 2. The summed E-state index contributed by atoms with van der Waals surface area (Å²) < 4.78 is 7.41. The van der Waals surface area contributed by atoms with Gasteiger partial charge < -0.3 is 26.7 Å². The number of hydrogen-bond acceptors (Lipinski definition) is 12. The Morgan fingerprint density at radius 3 is 2.84 bits per heavy atom. The summed E-state index contributed by atoms with van der Waals surface area (Å²) in [6, 6.07) is 2.45. The fourth-order valence-electron chi connectivity index (χ4n) is 4.03. The van der Waals surface area contributed by atoms with Crippen molar-refractivity contribution in [1.29, 1.82) is 0 Å². The van der Waals surface area contributed by atoms with Crippen molar-refractivity contribution in [1.82, 2.24) is 29.2 Å². The number of nitrogens with zero attached hydrogens (tertiary/aromatic N) is 7. The van der Waals surface area contributed by atoms with Gasteiger partial charge in [0.15, 0.2) is 17.1 Å². The van der Waals surface area contributed by atoms with Crippen LogP contribution in [0.25, 0.3) is 5.65 Å². The highest BCUT2D eigenvalue weighted by atomic mass is 32.2. The fourth-order valence-corrected chi connectivity index (χ4v) is 5.80. The number of hydrogen-bond donors (Lipinski definition) is 4. The molecule has 0 saturated carbocycles. The van der Waals surface area contributed by atoms with Crippen LogP contribution in [0.15, 0.2) is 41.0 Å². The molecule has 15 nitrogen and oxygen atoms in total. The zero-order valence-corrected chi connectivity index (χ0v) is 21.8. The molecule has 0 radical (unpaired) electrons. The first kappa shape index (κ1) is 25.4. The maximum Gasteiger partial charge on any atom is 0.352 e. The molecule has 38 heavy (non-hydrogen) atoms. The molecule has 5 heterocycles. The number of β-lactam (4-membered cyclic amide) rings is 1. The Hall–Kier alpha value is -4.25. The van der Waals surface area contributed by atoms with Crippen molar-refractivity contribution in [3.63, 3.8) is 0 Å². The average molecular weight is 560 g/mol. The molecule has 5 rings (SSSR count). The van der Waals surface area contributed by atoms with Crippen LogP contribution < -0.4 is 21.4 Å². The highest BCUT2D eigenvalue weighted by Crippen LogP contribution is 2.40. The standard InChI is InChI=1S/C21H22N10O5S2/c1-9(2)36-27-13(16-25-21(23)38-28-16)17(32)24-14-18(33)31-15(20(34)35)10(8-37-19(14)31)7-29-5-6-30-12(29)4-3-11(22)26-30/h3-6,9,14,19H,7-8H2,1-2H3,(H5-,22,23,24,25,26,28,32,34,35)/p+1/b27-13-/t14-,19-/m1/s1. The number of nitrogens with two attached hydrogens (primary N) is 2. The van der Waals surface area contributed by atoms with Crippen molar-refractivity contribution in [2.75, 3.05) is 17.2 Å². The summed E-state index contributed by atoms with van der Waals surface area (Å²) in [7, 11) is 0. The molecule has 1 saturated heterocycles. The maximum atomic E-state index is 13.1. The zero-order chi connectivity index (χ0) is 27.1. The van der Waals surface area contributed by atoms with Crippen LogP contribution in [0.5, 0.6) is 0 Å². The van der Waals surface area contributed by atoms with Crippen LogP contribution >= 0.6 is 23.3 Å². The van der Waals surface area contributed by atoms with Crippen molar-refractivity contribution in [3.05, 3.63) is 41.6 Å². The van der Waals surface area contributed by atoms with Gasteiger partial charge in [0.05, 0.1) is 0 Å². The highest BCUT2D eigenvalue weighted by molar-refractivity contribution is 8.00. The lowest BCUT2D eigenvalue weighted by atomic mass is 10.0. The highest BCUT2D eigenvalue weighted by Gasteiger charge is 2.54. The number of oxime groups is 1. The van der Waals surface area contributed by atoms with E-state index in [1.807, 2.05) is 4.57 Å². The molecule has 3 aromatic rings. The molecular formula is C21H23N10O5S2+. The number of thioether (sulfide) groups is 1. The second-order valence-corrected chi connectivity index (χ2v) is 10.5. The quantitative estimate of drug-likeness (QED) is 0.116. The number of fused-ring (bicyclic) bond motifs is 2. The van der Waals surface area contributed by atoms with Crippen molar-refractivity contribution < 1.29 is 28.9 Å². The second-order valence-electron chi connectivity index (χ2n) is 8.66. The number of aromatic nitrogens is 5. The van der Waals surface area contributed by atoms with Gasteiger partial charge in [-0.05, 0) is 19.9 Å². The molecule has 0 aromatic carbocycles. The summed E-state index contributed by atoms with van der Waals surface area (Å²) in [5, 5.41) is 20.2. The summed E-state index contributed by atoms with van der Waals surface area (Å²) >= 11 is 2.23.